The van der Waals surface area contributed by atoms with Gasteiger partial charge in [0.2, 0.25) is 0 Å². The maximum Gasteiger partial charge on any atom is 0.170 e. The third kappa shape index (κ3) is 6.96. The van der Waals surface area contributed by atoms with Crippen LogP contribution in [0.4, 0.5) is 0 Å². The molecular weight excluding hydrogens is 484 g/mol. The van der Waals surface area contributed by atoms with E-state index in [1.807, 2.05) is 91.0 Å². The predicted molar refractivity (Wildman–Crippen MR) is 130 cm³/mol. The topological polar surface area (TPSA) is 57.2 Å². The molecule has 174 valence electrons. The molecule has 0 aromatic heterocycles. The Morgan fingerprint density at radius 3 is 1.64 bits per heavy atom. The SMILES string of the molecule is O[C@H]1O[C@H](COCc2ccccc2)[C@H](OCc2ccccc2)[C@H](OCc2ccccc2)[C@H]1Br. The number of halogens is 1. The van der Waals surface area contributed by atoms with Gasteiger partial charge in [-0.2, -0.15) is 0 Å². The zero-order chi connectivity index (χ0) is 22.9. The molecule has 0 saturated carbocycles. The van der Waals surface area contributed by atoms with Crippen molar-refractivity contribution >= 4 is 15.9 Å². The van der Waals surface area contributed by atoms with Gasteiger partial charge in [0.15, 0.2) is 6.29 Å². The lowest BCUT2D eigenvalue weighted by molar-refractivity contribution is -0.260. The number of alkyl halides is 1. The Bertz CT molecular complexity index is 941. The van der Waals surface area contributed by atoms with Crippen molar-refractivity contribution in [2.24, 2.45) is 0 Å². The first-order valence-electron chi connectivity index (χ1n) is 11.1. The Morgan fingerprint density at radius 2 is 1.12 bits per heavy atom. The fraction of sp³-hybridized carbons (Fsp3) is 0.333. The highest BCUT2D eigenvalue weighted by Crippen LogP contribution is 2.31. The average molecular weight is 513 g/mol. The van der Waals surface area contributed by atoms with Crippen molar-refractivity contribution < 1.29 is 24.1 Å². The molecule has 33 heavy (non-hydrogen) atoms. The second-order valence-electron chi connectivity index (χ2n) is 8.03. The van der Waals surface area contributed by atoms with Crippen LogP contribution >= 0.6 is 15.9 Å². The molecular formula is C27H29BrO5. The molecule has 4 rings (SSSR count). The first kappa shape index (κ1) is 24.1. The molecule has 3 aromatic rings. The minimum atomic E-state index is -1.03. The van der Waals surface area contributed by atoms with Crippen molar-refractivity contribution in [1.82, 2.24) is 0 Å². The van der Waals surface area contributed by atoms with E-state index in [1.165, 1.54) is 0 Å². The van der Waals surface area contributed by atoms with Gasteiger partial charge in [-0.1, -0.05) is 107 Å². The summed E-state index contributed by atoms with van der Waals surface area (Å²) in [5.41, 5.74) is 3.18. The Balaban J connectivity index is 1.46. The largest absolute Gasteiger partial charge is 0.374 e. The molecule has 1 aliphatic rings. The first-order valence-corrected chi connectivity index (χ1v) is 12.0. The third-order valence-electron chi connectivity index (χ3n) is 5.55. The van der Waals surface area contributed by atoms with Gasteiger partial charge in [-0.15, -0.1) is 0 Å². The van der Waals surface area contributed by atoms with Crippen molar-refractivity contribution in [3.8, 4) is 0 Å². The van der Waals surface area contributed by atoms with Crippen molar-refractivity contribution in [1.29, 1.82) is 0 Å². The predicted octanol–water partition coefficient (Wildman–Crippen LogP) is 4.85. The molecule has 0 bridgehead atoms. The summed E-state index contributed by atoms with van der Waals surface area (Å²) < 4.78 is 24.5. The van der Waals surface area contributed by atoms with Gasteiger partial charge in [-0.05, 0) is 16.7 Å². The number of hydrogen-bond donors (Lipinski definition) is 1. The van der Waals surface area contributed by atoms with Crippen LogP contribution < -0.4 is 0 Å². The molecule has 0 amide bonds. The Morgan fingerprint density at radius 1 is 0.667 bits per heavy atom. The van der Waals surface area contributed by atoms with E-state index in [9.17, 15) is 5.11 Å². The second kappa shape index (κ2) is 12.4. The normalized spacial score (nSPS) is 25.1. The summed E-state index contributed by atoms with van der Waals surface area (Å²) in [6.45, 7) is 1.54. The monoisotopic (exact) mass is 512 g/mol. The first-order chi connectivity index (χ1) is 16.2. The van der Waals surface area contributed by atoms with E-state index >= 15 is 0 Å². The Hall–Kier alpha value is -2.06. The number of hydrogen-bond acceptors (Lipinski definition) is 5. The molecule has 1 N–H and O–H groups in total. The van der Waals surface area contributed by atoms with Crippen molar-refractivity contribution in [2.75, 3.05) is 6.61 Å². The lowest BCUT2D eigenvalue weighted by atomic mass is 10.0. The van der Waals surface area contributed by atoms with Crippen LogP contribution in [-0.4, -0.2) is 41.1 Å². The highest BCUT2D eigenvalue weighted by atomic mass is 79.9. The van der Waals surface area contributed by atoms with Crippen LogP contribution in [0, 0.1) is 0 Å². The smallest absolute Gasteiger partial charge is 0.170 e. The van der Waals surface area contributed by atoms with Gasteiger partial charge in [0.25, 0.3) is 0 Å². The van der Waals surface area contributed by atoms with E-state index in [0.717, 1.165) is 16.7 Å². The molecule has 3 aromatic carbocycles. The zero-order valence-electron chi connectivity index (χ0n) is 18.3. The molecule has 6 heteroatoms. The maximum atomic E-state index is 10.6. The summed E-state index contributed by atoms with van der Waals surface area (Å²) in [6, 6.07) is 29.9. The summed E-state index contributed by atoms with van der Waals surface area (Å²) in [7, 11) is 0. The number of ether oxygens (including phenoxy) is 4. The molecule has 5 nitrogen and oxygen atoms in total. The highest BCUT2D eigenvalue weighted by Gasteiger charge is 2.46. The molecule has 0 spiro atoms. The fourth-order valence-corrected chi connectivity index (χ4v) is 4.39. The van der Waals surface area contributed by atoms with Crippen molar-refractivity contribution in [3.05, 3.63) is 108 Å². The van der Waals surface area contributed by atoms with Crippen LogP contribution in [0.25, 0.3) is 0 Å². The van der Waals surface area contributed by atoms with Gasteiger partial charge in [-0.3, -0.25) is 0 Å². The minimum absolute atomic E-state index is 0.274. The third-order valence-corrected chi connectivity index (χ3v) is 6.53. The van der Waals surface area contributed by atoms with Crippen LogP contribution in [0.2, 0.25) is 0 Å². The van der Waals surface area contributed by atoms with E-state index in [-0.39, 0.29) is 6.61 Å². The van der Waals surface area contributed by atoms with E-state index in [0.29, 0.717) is 19.8 Å². The summed E-state index contributed by atoms with van der Waals surface area (Å²) in [5.74, 6) is 0. The van der Waals surface area contributed by atoms with Crippen molar-refractivity contribution in [3.63, 3.8) is 0 Å². The zero-order valence-corrected chi connectivity index (χ0v) is 19.9. The number of rotatable bonds is 10. The van der Waals surface area contributed by atoms with Crippen LogP contribution in [0.15, 0.2) is 91.0 Å². The van der Waals surface area contributed by atoms with E-state index in [2.05, 4.69) is 15.9 Å². The standard InChI is InChI=1S/C27H29BrO5/c28-24-26(32-18-22-14-8-3-9-15-22)25(31-17-21-12-6-2-7-13-21)23(33-27(24)29)19-30-16-20-10-4-1-5-11-20/h1-15,23-27,29H,16-19H2/t23-,24-,25+,26-,27+/m1/s1. The molecule has 5 atom stereocenters. The van der Waals surface area contributed by atoms with Crippen LogP contribution in [0.3, 0.4) is 0 Å². The van der Waals surface area contributed by atoms with Crippen LogP contribution in [0.5, 0.6) is 0 Å². The second-order valence-corrected chi connectivity index (χ2v) is 9.09. The summed E-state index contributed by atoms with van der Waals surface area (Å²) in [6.07, 6.45) is -2.38. The quantitative estimate of drug-likeness (QED) is 0.393. The average Bonchev–Trinajstić information content (AvgIpc) is 2.86. The van der Waals surface area contributed by atoms with Crippen LogP contribution in [-0.2, 0) is 38.8 Å². The molecule has 0 aliphatic carbocycles. The van der Waals surface area contributed by atoms with Crippen LogP contribution in [0.1, 0.15) is 16.7 Å². The molecule has 1 saturated heterocycles. The number of aliphatic hydroxyl groups is 1. The highest BCUT2D eigenvalue weighted by molar-refractivity contribution is 9.09. The lowest BCUT2D eigenvalue weighted by Gasteiger charge is -2.42. The minimum Gasteiger partial charge on any atom is -0.374 e. The lowest BCUT2D eigenvalue weighted by Crippen LogP contribution is -2.58. The van der Waals surface area contributed by atoms with E-state index in [4.69, 9.17) is 18.9 Å². The number of aliphatic hydroxyl groups excluding tert-OH is 1. The molecule has 0 radical (unpaired) electrons. The maximum absolute atomic E-state index is 10.6. The Kier molecular flexibility index (Phi) is 9.06. The molecule has 0 unspecified atom stereocenters. The molecule has 1 aliphatic heterocycles. The summed E-state index contributed by atoms with van der Waals surface area (Å²) in [5, 5.41) is 10.6. The van der Waals surface area contributed by atoms with Gasteiger partial charge in [0.05, 0.1) is 31.3 Å². The summed E-state index contributed by atoms with van der Waals surface area (Å²) in [4.78, 5) is -0.438. The fourth-order valence-electron chi connectivity index (χ4n) is 3.81. The van der Waals surface area contributed by atoms with E-state index in [1.54, 1.807) is 0 Å². The molecule has 1 heterocycles. The van der Waals surface area contributed by atoms with Gasteiger partial charge in [0.1, 0.15) is 18.3 Å². The van der Waals surface area contributed by atoms with Gasteiger partial charge in [-0.25, -0.2) is 0 Å². The number of benzene rings is 3. The van der Waals surface area contributed by atoms with Gasteiger partial charge in [0, 0.05) is 0 Å². The van der Waals surface area contributed by atoms with Gasteiger partial charge < -0.3 is 24.1 Å². The Labute approximate surface area is 203 Å². The van der Waals surface area contributed by atoms with Gasteiger partial charge >= 0.3 is 0 Å². The molecule has 1 fully saturated rings. The summed E-state index contributed by atoms with van der Waals surface area (Å²) >= 11 is 3.57. The van der Waals surface area contributed by atoms with Crippen molar-refractivity contribution in [2.45, 2.75) is 49.2 Å². The van der Waals surface area contributed by atoms with E-state index < -0.39 is 29.4 Å².